The highest BCUT2D eigenvalue weighted by atomic mass is 35.5. The number of aromatic nitrogens is 1. The predicted octanol–water partition coefficient (Wildman–Crippen LogP) is 4.51. The Kier molecular flexibility index (Phi) is 5.16. The molecule has 1 aromatic carbocycles. The van der Waals surface area contributed by atoms with Gasteiger partial charge in [-0.05, 0) is 55.5 Å². The van der Waals surface area contributed by atoms with Crippen LogP contribution in [0.2, 0.25) is 5.02 Å². The summed E-state index contributed by atoms with van der Waals surface area (Å²) in [5.74, 6) is -0.187. The van der Waals surface area contributed by atoms with Gasteiger partial charge in [0.2, 0.25) is 11.8 Å². The number of nitrogens with two attached hydrogens (primary N) is 1. The van der Waals surface area contributed by atoms with E-state index in [4.69, 9.17) is 17.3 Å². The van der Waals surface area contributed by atoms with Crippen LogP contribution >= 0.6 is 22.9 Å². The molecule has 2 aliphatic heterocycles. The maximum Gasteiger partial charge on any atom is 0.230 e. The number of halogens is 1. The molecular formula is C25H25ClN4O2S. The number of aryl methyl sites for hydroxylation is 1. The molecule has 0 unspecified atom stereocenters. The summed E-state index contributed by atoms with van der Waals surface area (Å²) in [6.45, 7) is 1.35. The van der Waals surface area contributed by atoms with E-state index in [1.165, 1.54) is 16.2 Å². The Labute approximate surface area is 201 Å². The van der Waals surface area contributed by atoms with Crippen LogP contribution in [0.5, 0.6) is 0 Å². The predicted molar refractivity (Wildman–Crippen MR) is 132 cm³/mol. The lowest BCUT2D eigenvalue weighted by atomic mass is 9.83. The van der Waals surface area contributed by atoms with Crippen molar-refractivity contribution in [2.75, 3.05) is 11.4 Å². The third-order valence-electron chi connectivity index (χ3n) is 7.10. The van der Waals surface area contributed by atoms with Crippen molar-refractivity contribution in [1.82, 2.24) is 9.88 Å². The zero-order chi connectivity index (χ0) is 22.7. The van der Waals surface area contributed by atoms with Gasteiger partial charge in [-0.3, -0.25) is 19.5 Å². The summed E-state index contributed by atoms with van der Waals surface area (Å²) in [6.07, 6.45) is 6.63. The number of amides is 2. The average Bonchev–Trinajstić information content (AvgIpc) is 3.33. The number of hydrogen-bond acceptors (Lipinski definition) is 6. The number of nitrogens with zero attached hydrogens (tertiary/aromatic N) is 3. The summed E-state index contributed by atoms with van der Waals surface area (Å²) < 4.78 is 1.06. The quantitative estimate of drug-likeness (QED) is 0.556. The van der Waals surface area contributed by atoms with Crippen LogP contribution in [0.4, 0.5) is 5.69 Å². The molecule has 1 saturated heterocycles. The number of anilines is 1. The van der Waals surface area contributed by atoms with Crippen LogP contribution in [0.1, 0.15) is 42.5 Å². The molecule has 33 heavy (non-hydrogen) atoms. The fraction of sp³-hybridized carbons (Fsp3) is 0.400. The Bertz CT molecular complexity index is 1270. The van der Waals surface area contributed by atoms with Gasteiger partial charge in [-0.1, -0.05) is 11.6 Å². The second-order valence-corrected chi connectivity index (χ2v) is 10.9. The van der Waals surface area contributed by atoms with Crippen LogP contribution in [0.3, 0.4) is 0 Å². The molecule has 3 aromatic rings. The molecule has 1 aliphatic carbocycles. The van der Waals surface area contributed by atoms with E-state index in [9.17, 15) is 9.59 Å². The van der Waals surface area contributed by atoms with Gasteiger partial charge in [-0.15, -0.1) is 11.3 Å². The van der Waals surface area contributed by atoms with E-state index in [1.54, 1.807) is 11.3 Å². The maximum absolute atomic E-state index is 12.1. The smallest absolute Gasteiger partial charge is 0.230 e. The lowest BCUT2D eigenvalue weighted by Crippen LogP contribution is -2.52. The maximum atomic E-state index is 12.1. The van der Waals surface area contributed by atoms with Crippen molar-refractivity contribution >= 4 is 50.7 Å². The number of thiophene rings is 1. The number of carbonyl (C=O) groups excluding carboxylic acids is 2. The molecule has 1 saturated carbocycles. The summed E-state index contributed by atoms with van der Waals surface area (Å²) in [7, 11) is 0. The highest BCUT2D eigenvalue weighted by Gasteiger charge is 2.35. The molecule has 6 nitrogen and oxygen atoms in total. The Morgan fingerprint density at radius 1 is 1.09 bits per heavy atom. The first-order chi connectivity index (χ1) is 16.0. The molecule has 2 amide bonds. The van der Waals surface area contributed by atoms with Crippen molar-refractivity contribution in [3.8, 4) is 11.1 Å². The fourth-order valence-corrected chi connectivity index (χ4v) is 6.80. The summed E-state index contributed by atoms with van der Waals surface area (Å²) in [4.78, 5) is 33.7. The molecule has 0 spiro atoms. The van der Waals surface area contributed by atoms with Crippen LogP contribution in [-0.2, 0) is 22.6 Å². The highest BCUT2D eigenvalue weighted by molar-refractivity contribution is 7.19. The molecule has 3 aliphatic rings. The monoisotopic (exact) mass is 480 g/mol. The Morgan fingerprint density at radius 3 is 2.64 bits per heavy atom. The molecule has 2 N–H and O–H groups in total. The van der Waals surface area contributed by atoms with E-state index in [-0.39, 0.29) is 11.8 Å². The van der Waals surface area contributed by atoms with Gasteiger partial charge in [0.1, 0.15) is 0 Å². The first-order valence-corrected chi connectivity index (χ1v) is 12.7. The molecule has 2 aromatic heterocycles. The van der Waals surface area contributed by atoms with Crippen molar-refractivity contribution in [3.05, 3.63) is 45.9 Å². The minimum atomic E-state index is -0.0936. The standard InChI is InChI=1S/C25H25ClN4O2S/c26-15-8-14-2-1-7-29(17-10-16(27)11-17)24(14)20(9-15)19-5-6-28-21-12-18(33-25(19)21)13-30-22(31)3-4-23(30)32/h5-6,8-9,12,16-17H,1-4,7,10-11,13,27H2/t16-,17-. The normalized spacial score (nSPS) is 22.7. The summed E-state index contributed by atoms with van der Waals surface area (Å²) in [5.41, 5.74) is 11.8. The zero-order valence-electron chi connectivity index (χ0n) is 18.2. The summed E-state index contributed by atoms with van der Waals surface area (Å²) >= 11 is 8.21. The molecule has 4 heterocycles. The van der Waals surface area contributed by atoms with Crippen LogP contribution in [0.25, 0.3) is 21.3 Å². The Hall–Kier alpha value is -2.48. The van der Waals surface area contributed by atoms with Crippen molar-refractivity contribution in [1.29, 1.82) is 0 Å². The molecule has 0 atom stereocenters. The van der Waals surface area contributed by atoms with Crippen molar-refractivity contribution < 1.29 is 9.59 Å². The zero-order valence-corrected chi connectivity index (χ0v) is 19.8. The molecule has 8 heteroatoms. The van der Waals surface area contributed by atoms with E-state index in [2.05, 4.69) is 28.1 Å². The van der Waals surface area contributed by atoms with Gasteiger partial charge in [0.05, 0.1) is 16.8 Å². The van der Waals surface area contributed by atoms with Gasteiger partial charge in [0.15, 0.2) is 0 Å². The van der Waals surface area contributed by atoms with Crippen LogP contribution in [0.15, 0.2) is 30.5 Å². The number of hydrogen-bond donors (Lipinski definition) is 1. The van der Waals surface area contributed by atoms with Crippen LogP contribution in [-0.4, -0.2) is 40.3 Å². The number of carbonyl (C=O) groups is 2. The summed E-state index contributed by atoms with van der Waals surface area (Å²) in [6, 6.07) is 9.00. The topological polar surface area (TPSA) is 79.5 Å². The lowest BCUT2D eigenvalue weighted by molar-refractivity contribution is -0.138. The SMILES string of the molecule is N[C@H]1C[C@H](N2CCCc3cc(Cl)cc(-c4ccnc5cc(CN6C(=O)CCC6=O)sc45)c32)C1. The fourth-order valence-electron chi connectivity index (χ4n) is 5.42. The molecule has 0 bridgehead atoms. The highest BCUT2D eigenvalue weighted by Crippen LogP contribution is 2.46. The third-order valence-corrected chi connectivity index (χ3v) is 8.46. The number of benzene rings is 1. The van der Waals surface area contributed by atoms with Crippen molar-refractivity contribution in [2.45, 2.75) is 57.2 Å². The van der Waals surface area contributed by atoms with Gasteiger partial charge in [-0.2, -0.15) is 0 Å². The number of likely N-dealkylation sites (tertiary alicyclic amines) is 1. The minimum absolute atomic E-state index is 0.0936. The van der Waals surface area contributed by atoms with Gasteiger partial charge in [-0.25, -0.2) is 0 Å². The van der Waals surface area contributed by atoms with Crippen LogP contribution < -0.4 is 10.6 Å². The van der Waals surface area contributed by atoms with E-state index in [0.717, 1.165) is 63.5 Å². The second kappa shape index (κ2) is 8.08. The molecule has 6 rings (SSSR count). The van der Waals surface area contributed by atoms with Crippen LogP contribution in [0, 0.1) is 0 Å². The molecule has 0 radical (unpaired) electrons. The van der Waals surface area contributed by atoms with Crippen molar-refractivity contribution in [2.24, 2.45) is 5.73 Å². The first-order valence-electron chi connectivity index (χ1n) is 11.5. The minimum Gasteiger partial charge on any atom is -0.368 e. The van der Waals surface area contributed by atoms with E-state index in [0.29, 0.717) is 31.5 Å². The van der Waals surface area contributed by atoms with Gasteiger partial charge in [0, 0.05) is 64.4 Å². The molecule has 170 valence electrons. The van der Waals surface area contributed by atoms with Gasteiger partial charge < -0.3 is 10.6 Å². The van der Waals surface area contributed by atoms with E-state index < -0.39 is 0 Å². The van der Waals surface area contributed by atoms with E-state index >= 15 is 0 Å². The van der Waals surface area contributed by atoms with Gasteiger partial charge in [0.25, 0.3) is 0 Å². The lowest BCUT2D eigenvalue weighted by Gasteiger charge is -2.46. The first kappa shape index (κ1) is 21.1. The van der Waals surface area contributed by atoms with Crippen molar-refractivity contribution in [3.63, 3.8) is 0 Å². The number of imide groups is 1. The largest absolute Gasteiger partial charge is 0.368 e. The number of fused-ring (bicyclic) bond motifs is 2. The summed E-state index contributed by atoms with van der Waals surface area (Å²) in [5, 5.41) is 0.742. The number of pyridine rings is 1. The molecular weight excluding hydrogens is 456 g/mol. The van der Waals surface area contributed by atoms with E-state index in [1.807, 2.05) is 12.3 Å². The average molecular weight is 481 g/mol. The Morgan fingerprint density at radius 2 is 1.88 bits per heavy atom. The molecule has 2 fully saturated rings. The Balaban J connectivity index is 1.45. The number of rotatable bonds is 4. The second-order valence-electron chi connectivity index (χ2n) is 9.30. The van der Waals surface area contributed by atoms with Gasteiger partial charge >= 0.3 is 0 Å². The third kappa shape index (κ3) is 3.63.